The Morgan fingerprint density at radius 2 is 2.17 bits per heavy atom. The van der Waals surface area contributed by atoms with Crippen LogP contribution in [-0.2, 0) is 17.8 Å². The highest BCUT2D eigenvalue weighted by Gasteiger charge is 2.22. The molecule has 4 heterocycles. The summed E-state index contributed by atoms with van der Waals surface area (Å²) in [6.07, 6.45) is 4.27. The fourth-order valence-corrected chi connectivity index (χ4v) is 3.25. The average molecular weight is 326 g/mol. The molecule has 0 saturated carbocycles. The number of fused-ring (bicyclic) bond motifs is 1. The first-order chi connectivity index (χ1) is 11.7. The summed E-state index contributed by atoms with van der Waals surface area (Å²) < 4.78 is 9.92. The van der Waals surface area contributed by atoms with Crippen LogP contribution >= 0.6 is 0 Å². The van der Waals surface area contributed by atoms with Crippen LogP contribution in [-0.4, -0.2) is 54.8 Å². The van der Waals surface area contributed by atoms with Crippen molar-refractivity contribution in [1.29, 1.82) is 0 Å². The summed E-state index contributed by atoms with van der Waals surface area (Å²) in [5.41, 5.74) is 2.08. The van der Waals surface area contributed by atoms with Gasteiger partial charge in [-0.3, -0.25) is 4.90 Å². The number of hydrogen-bond donors (Lipinski definition) is 0. The minimum atomic E-state index is 0.135. The number of morpholine rings is 1. The number of rotatable bonds is 4. The third kappa shape index (κ3) is 3.18. The van der Waals surface area contributed by atoms with Crippen molar-refractivity contribution in [2.45, 2.75) is 33.0 Å². The molecule has 0 bridgehead atoms. The lowest BCUT2D eigenvalue weighted by Gasteiger charge is -2.32. The van der Waals surface area contributed by atoms with Gasteiger partial charge in [-0.1, -0.05) is 6.07 Å². The van der Waals surface area contributed by atoms with Gasteiger partial charge in [0.2, 0.25) is 0 Å². The third-order valence-electron chi connectivity index (χ3n) is 4.36. The van der Waals surface area contributed by atoms with Gasteiger partial charge in [-0.05, 0) is 26.0 Å². The van der Waals surface area contributed by atoms with E-state index in [1.165, 1.54) is 0 Å². The molecule has 0 aliphatic carbocycles. The van der Waals surface area contributed by atoms with Crippen molar-refractivity contribution in [3.63, 3.8) is 0 Å². The van der Waals surface area contributed by atoms with Gasteiger partial charge in [-0.25, -0.2) is 14.6 Å². The van der Waals surface area contributed by atoms with E-state index in [9.17, 15) is 0 Å². The lowest BCUT2D eigenvalue weighted by molar-refractivity contribution is -0.0408. The fourth-order valence-electron chi connectivity index (χ4n) is 3.25. The number of ether oxygens (including phenoxy) is 1. The molecule has 1 saturated heterocycles. The molecule has 0 amide bonds. The number of aryl methyl sites for hydroxylation is 2. The summed E-state index contributed by atoms with van der Waals surface area (Å²) in [6.45, 7) is 8.04. The Morgan fingerprint density at radius 3 is 2.96 bits per heavy atom. The summed E-state index contributed by atoms with van der Waals surface area (Å²) >= 11 is 0. The van der Waals surface area contributed by atoms with Crippen LogP contribution < -0.4 is 0 Å². The highest BCUT2D eigenvalue weighted by atomic mass is 16.5. The Kier molecular flexibility index (Phi) is 4.03. The van der Waals surface area contributed by atoms with Crippen molar-refractivity contribution >= 4 is 5.65 Å². The van der Waals surface area contributed by atoms with E-state index in [-0.39, 0.29) is 6.10 Å². The van der Waals surface area contributed by atoms with E-state index < -0.39 is 0 Å². The van der Waals surface area contributed by atoms with Crippen LogP contribution in [0.5, 0.6) is 0 Å². The Morgan fingerprint density at radius 1 is 1.25 bits per heavy atom. The minimum Gasteiger partial charge on any atom is -0.374 e. The van der Waals surface area contributed by atoms with Gasteiger partial charge in [-0.15, -0.1) is 0 Å². The molecule has 7 nitrogen and oxygen atoms in total. The van der Waals surface area contributed by atoms with E-state index >= 15 is 0 Å². The lowest BCUT2D eigenvalue weighted by Crippen LogP contribution is -2.44. The van der Waals surface area contributed by atoms with Crippen molar-refractivity contribution in [2.24, 2.45) is 0 Å². The molecule has 0 N–H and O–H groups in total. The van der Waals surface area contributed by atoms with Crippen LogP contribution in [0, 0.1) is 13.8 Å². The number of pyridine rings is 1. The molecule has 0 spiro atoms. The predicted molar refractivity (Wildman–Crippen MR) is 89.7 cm³/mol. The first kappa shape index (κ1) is 15.3. The van der Waals surface area contributed by atoms with Gasteiger partial charge in [-0.2, -0.15) is 5.10 Å². The van der Waals surface area contributed by atoms with Gasteiger partial charge in [0.05, 0.1) is 24.9 Å². The van der Waals surface area contributed by atoms with Gasteiger partial charge >= 0.3 is 0 Å². The van der Waals surface area contributed by atoms with Crippen molar-refractivity contribution in [2.75, 3.05) is 19.7 Å². The molecular weight excluding hydrogens is 304 g/mol. The van der Waals surface area contributed by atoms with Crippen molar-refractivity contribution in [3.05, 3.63) is 47.9 Å². The lowest BCUT2D eigenvalue weighted by atomic mass is 10.2. The normalized spacial score (nSPS) is 19.2. The van der Waals surface area contributed by atoms with Gasteiger partial charge in [0.25, 0.3) is 0 Å². The molecule has 0 aromatic carbocycles. The van der Waals surface area contributed by atoms with E-state index in [0.29, 0.717) is 0 Å². The molecule has 1 aliphatic rings. The van der Waals surface area contributed by atoms with E-state index in [4.69, 9.17) is 4.74 Å². The van der Waals surface area contributed by atoms with E-state index in [1.807, 2.05) is 42.9 Å². The second-order valence-electron chi connectivity index (χ2n) is 6.31. The molecule has 7 heteroatoms. The van der Waals surface area contributed by atoms with E-state index in [0.717, 1.165) is 55.8 Å². The summed E-state index contributed by atoms with van der Waals surface area (Å²) in [7, 11) is 0. The molecular formula is C17H22N6O. The van der Waals surface area contributed by atoms with Crippen LogP contribution in [0.15, 0.2) is 30.6 Å². The Balaban J connectivity index is 1.42. The SMILES string of the molecule is Cc1nc(C)n(C[C@@H]2CN(Cc3cn4ccccc4n3)CCO2)n1. The maximum atomic E-state index is 5.92. The monoisotopic (exact) mass is 326 g/mol. The van der Waals surface area contributed by atoms with Gasteiger partial charge < -0.3 is 9.14 Å². The van der Waals surface area contributed by atoms with Crippen molar-refractivity contribution in [1.82, 2.24) is 29.0 Å². The first-order valence-corrected chi connectivity index (χ1v) is 8.32. The fraction of sp³-hybridized carbons (Fsp3) is 0.471. The quantitative estimate of drug-likeness (QED) is 0.726. The van der Waals surface area contributed by atoms with Crippen LogP contribution in [0.3, 0.4) is 0 Å². The zero-order valence-electron chi connectivity index (χ0n) is 14.1. The summed E-state index contributed by atoms with van der Waals surface area (Å²) in [4.78, 5) is 11.4. The molecule has 3 aromatic rings. The molecule has 1 atom stereocenters. The van der Waals surface area contributed by atoms with E-state index in [2.05, 4.69) is 30.6 Å². The van der Waals surface area contributed by atoms with Gasteiger partial charge in [0.15, 0.2) is 0 Å². The highest BCUT2D eigenvalue weighted by molar-refractivity contribution is 5.39. The number of hydrogen-bond acceptors (Lipinski definition) is 5. The third-order valence-corrected chi connectivity index (χ3v) is 4.36. The molecule has 0 radical (unpaired) electrons. The van der Waals surface area contributed by atoms with Gasteiger partial charge in [0.1, 0.15) is 17.3 Å². The zero-order chi connectivity index (χ0) is 16.5. The Labute approximate surface area is 140 Å². The summed E-state index contributed by atoms with van der Waals surface area (Å²) in [6, 6.07) is 6.06. The van der Waals surface area contributed by atoms with E-state index in [1.54, 1.807) is 0 Å². The summed E-state index contributed by atoms with van der Waals surface area (Å²) in [5.74, 6) is 1.75. The van der Waals surface area contributed by atoms with Gasteiger partial charge in [0, 0.05) is 32.0 Å². The maximum Gasteiger partial charge on any atom is 0.147 e. The number of imidazole rings is 1. The standard InChI is InChI=1S/C17H22N6O/c1-13-18-14(2)23(20-13)12-16-11-21(7-8-24-16)9-15-10-22-6-4-3-5-17(22)19-15/h3-6,10,16H,7-9,11-12H2,1-2H3/t16-/m0/s1. The highest BCUT2D eigenvalue weighted by Crippen LogP contribution is 2.13. The van der Waals surface area contributed by atoms with Crippen LogP contribution in [0.25, 0.3) is 5.65 Å². The number of aromatic nitrogens is 5. The second kappa shape index (κ2) is 6.33. The maximum absolute atomic E-state index is 5.92. The molecule has 1 fully saturated rings. The topological polar surface area (TPSA) is 60.5 Å². The molecule has 1 aliphatic heterocycles. The largest absolute Gasteiger partial charge is 0.374 e. The first-order valence-electron chi connectivity index (χ1n) is 8.32. The zero-order valence-corrected chi connectivity index (χ0v) is 14.1. The summed E-state index contributed by atoms with van der Waals surface area (Å²) in [5, 5.41) is 4.43. The Hall–Kier alpha value is -2.25. The van der Waals surface area contributed by atoms with Crippen LogP contribution in [0.1, 0.15) is 17.3 Å². The minimum absolute atomic E-state index is 0.135. The molecule has 3 aromatic heterocycles. The molecule has 24 heavy (non-hydrogen) atoms. The average Bonchev–Trinajstić information content (AvgIpc) is 3.10. The predicted octanol–water partition coefficient (Wildman–Crippen LogP) is 1.44. The van der Waals surface area contributed by atoms with Crippen LogP contribution in [0.2, 0.25) is 0 Å². The van der Waals surface area contributed by atoms with Crippen LogP contribution in [0.4, 0.5) is 0 Å². The Bertz CT molecular complexity index is 806. The molecule has 4 rings (SSSR count). The number of nitrogens with zero attached hydrogens (tertiary/aromatic N) is 6. The molecule has 126 valence electrons. The smallest absolute Gasteiger partial charge is 0.147 e. The van der Waals surface area contributed by atoms with Crippen molar-refractivity contribution in [3.8, 4) is 0 Å². The van der Waals surface area contributed by atoms with Crippen molar-refractivity contribution < 1.29 is 4.74 Å². The molecule has 0 unspecified atom stereocenters. The second-order valence-corrected chi connectivity index (χ2v) is 6.31.